The van der Waals surface area contributed by atoms with Crippen molar-refractivity contribution in [1.29, 1.82) is 0 Å². The lowest BCUT2D eigenvalue weighted by Gasteiger charge is -2.13. The Morgan fingerprint density at radius 1 is 1.06 bits per heavy atom. The highest BCUT2D eigenvalue weighted by Crippen LogP contribution is 2.33. The summed E-state index contributed by atoms with van der Waals surface area (Å²) < 4.78 is 0. The van der Waals surface area contributed by atoms with Gasteiger partial charge in [0.05, 0.1) is 15.7 Å². The van der Waals surface area contributed by atoms with Crippen molar-refractivity contribution in [3.63, 3.8) is 0 Å². The molecule has 0 aliphatic carbocycles. The van der Waals surface area contributed by atoms with Crippen LogP contribution >= 0.6 is 23.2 Å². The number of nitrogen functional groups attached to an aromatic ring is 1. The monoisotopic (exact) mass is 266 g/mol. The molecule has 0 fully saturated rings. The van der Waals surface area contributed by atoms with Crippen molar-refractivity contribution in [2.24, 2.45) is 0 Å². The third-order valence-electron chi connectivity index (χ3n) is 2.48. The minimum atomic E-state index is 0.583. The summed E-state index contributed by atoms with van der Waals surface area (Å²) in [5.41, 5.74) is 9.13. The van der Waals surface area contributed by atoms with E-state index >= 15 is 0 Å². The van der Waals surface area contributed by atoms with Crippen LogP contribution in [0, 0.1) is 6.92 Å². The summed E-state index contributed by atoms with van der Waals surface area (Å²) in [5.74, 6) is 0. The summed E-state index contributed by atoms with van der Waals surface area (Å²) >= 11 is 12.2. The Morgan fingerprint density at radius 2 is 1.71 bits per heavy atom. The number of aryl methyl sites for hydroxylation is 1. The van der Waals surface area contributed by atoms with Crippen LogP contribution in [0.15, 0.2) is 36.4 Å². The highest BCUT2D eigenvalue weighted by molar-refractivity contribution is 6.39. The fraction of sp³-hybridized carbons (Fsp3) is 0.0769. The molecule has 3 N–H and O–H groups in total. The molecule has 0 saturated carbocycles. The van der Waals surface area contributed by atoms with Gasteiger partial charge in [0.25, 0.3) is 0 Å². The number of benzene rings is 2. The first-order chi connectivity index (χ1) is 8.08. The maximum absolute atomic E-state index is 6.09. The van der Waals surface area contributed by atoms with Crippen LogP contribution in [0.3, 0.4) is 0 Å². The molecule has 0 radical (unpaired) electrons. The fourth-order valence-corrected chi connectivity index (χ4v) is 2.02. The molecule has 0 aliphatic heterocycles. The average molecular weight is 267 g/mol. The molecule has 0 spiro atoms. The van der Waals surface area contributed by atoms with Gasteiger partial charge in [-0.05, 0) is 36.8 Å². The molecule has 2 nitrogen and oxygen atoms in total. The number of rotatable bonds is 2. The predicted molar refractivity (Wildman–Crippen MR) is 75.3 cm³/mol. The van der Waals surface area contributed by atoms with Crippen molar-refractivity contribution in [2.75, 3.05) is 11.1 Å². The molecule has 0 heterocycles. The summed E-state index contributed by atoms with van der Waals surface area (Å²) in [6.07, 6.45) is 0. The minimum Gasteiger partial charge on any atom is -0.399 e. The number of hydrogen-bond donors (Lipinski definition) is 2. The number of halogens is 2. The van der Waals surface area contributed by atoms with Gasteiger partial charge in [-0.25, -0.2) is 0 Å². The van der Waals surface area contributed by atoms with Gasteiger partial charge in [-0.1, -0.05) is 35.3 Å². The molecule has 2 aromatic carbocycles. The second kappa shape index (κ2) is 4.86. The number of anilines is 3. The van der Waals surface area contributed by atoms with E-state index in [1.807, 2.05) is 31.2 Å². The van der Waals surface area contributed by atoms with Crippen molar-refractivity contribution in [3.05, 3.63) is 52.0 Å². The third kappa shape index (κ3) is 2.65. The normalized spacial score (nSPS) is 10.3. The Bertz CT molecular complexity index is 533. The van der Waals surface area contributed by atoms with Crippen LogP contribution in [0.25, 0.3) is 0 Å². The minimum absolute atomic E-state index is 0.583. The molecule has 0 amide bonds. The van der Waals surface area contributed by atoms with E-state index in [1.54, 1.807) is 12.1 Å². The van der Waals surface area contributed by atoms with Crippen LogP contribution in [0.5, 0.6) is 0 Å². The number of hydrogen-bond acceptors (Lipinski definition) is 2. The lowest BCUT2D eigenvalue weighted by Crippen LogP contribution is -1.96. The average Bonchev–Trinajstić information content (AvgIpc) is 2.28. The van der Waals surface area contributed by atoms with Crippen LogP contribution in [-0.2, 0) is 0 Å². The molecule has 0 unspecified atom stereocenters. The quantitative estimate of drug-likeness (QED) is 0.778. The Balaban J connectivity index is 2.41. The summed E-state index contributed by atoms with van der Waals surface area (Å²) in [6.45, 7) is 1.99. The van der Waals surface area contributed by atoms with Gasteiger partial charge < -0.3 is 11.1 Å². The molecule has 0 bridgehead atoms. The Kier molecular flexibility index (Phi) is 3.46. The molecule has 2 rings (SSSR count). The number of nitrogens with two attached hydrogens (primary N) is 1. The highest BCUT2D eigenvalue weighted by atomic mass is 35.5. The lowest BCUT2D eigenvalue weighted by atomic mass is 10.1. The summed E-state index contributed by atoms with van der Waals surface area (Å²) in [4.78, 5) is 0. The number of para-hydroxylation sites is 1. The zero-order chi connectivity index (χ0) is 12.4. The molecule has 0 aromatic heterocycles. The van der Waals surface area contributed by atoms with Gasteiger partial charge in [-0.15, -0.1) is 0 Å². The first-order valence-electron chi connectivity index (χ1n) is 5.15. The fourth-order valence-electron chi connectivity index (χ4n) is 1.53. The van der Waals surface area contributed by atoms with Crippen LogP contribution in [0.4, 0.5) is 17.1 Å². The van der Waals surface area contributed by atoms with Crippen molar-refractivity contribution >= 4 is 40.3 Å². The Labute approximate surface area is 110 Å². The summed E-state index contributed by atoms with van der Waals surface area (Å²) in [5, 5.41) is 4.37. The van der Waals surface area contributed by atoms with E-state index in [9.17, 15) is 0 Å². The van der Waals surface area contributed by atoms with Crippen molar-refractivity contribution in [2.45, 2.75) is 6.92 Å². The SMILES string of the molecule is Cc1ccc(N)cc1Nc1c(Cl)cccc1Cl. The van der Waals surface area contributed by atoms with E-state index in [0.717, 1.165) is 11.3 Å². The second-order valence-corrected chi connectivity index (χ2v) is 4.61. The molecule has 17 heavy (non-hydrogen) atoms. The van der Waals surface area contributed by atoms with Crippen LogP contribution in [-0.4, -0.2) is 0 Å². The van der Waals surface area contributed by atoms with E-state index in [4.69, 9.17) is 28.9 Å². The maximum Gasteiger partial charge on any atom is 0.0763 e. The van der Waals surface area contributed by atoms with Gasteiger partial charge in [0.2, 0.25) is 0 Å². The smallest absolute Gasteiger partial charge is 0.0763 e. The third-order valence-corrected chi connectivity index (χ3v) is 3.11. The van der Waals surface area contributed by atoms with Crippen molar-refractivity contribution < 1.29 is 0 Å². The largest absolute Gasteiger partial charge is 0.399 e. The van der Waals surface area contributed by atoms with Gasteiger partial charge in [-0.2, -0.15) is 0 Å². The van der Waals surface area contributed by atoms with Gasteiger partial charge in [0.15, 0.2) is 0 Å². The van der Waals surface area contributed by atoms with E-state index < -0.39 is 0 Å². The first-order valence-corrected chi connectivity index (χ1v) is 5.90. The van der Waals surface area contributed by atoms with Crippen molar-refractivity contribution in [3.8, 4) is 0 Å². The molecule has 0 atom stereocenters. The molecular weight excluding hydrogens is 255 g/mol. The van der Waals surface area contributed by atoms with Crippen LogP contribution in [0.1, 0.15) is 5.56 Å². The maximum atomic E-state index is 6.09. The number of nitrogens with one attached hydrogen (secondary N) is 1. The standard InChI is InChI=1S/C13H12Cl2N2/c1-8-5-6-9(16)7-12(8)17-13-10(14)3-2-4-11(13)15/h2-7,17H,16H2,1H3. The molecule has 0 aliphatic rings. The van der Waals surface area contributed by atoms with E-state index in [1.165, 1.54) is 0 Å². The van der Waals surface area contributed by atoms with E-state index in [2.05, 4.69) is 5.32 Å². The van der Waals surface area contributed by atoms with E-state index in [0.29, 0.717) is 21.4 Å². The molecule has 2 aromatic rings. The lowest BCUT2D eigenvalue weighted by molar-refractivity contribution is 1.43. The van der Waals surface area contributed by atoms with Gasteiger partial charge >= 0.3 is 0 Å². The summed E-state index contributed by atoms with van der Waals surface area (Å²) in [6, 6.07) is 11.0. The van der Waals surface area contributed by atoms with Crippen LogP contribution in [0.2, 0.25) is 10.0 Å². The van der Waals surface area contributed by atoms with E-state index in [-0.39, 0.29) is 0 Å². The Hall–Kier alpha value is -1.38. The summed E-state index contributed by atoms with van der Waals surface area (Å²) in [7, 11) is 0. The van der Waals surface area contributed by atoms with Crippen molar-refractivity contribution in [1.82, 2.24) is 0 Å². The molecule has 88 valence electrons. The highest BCUT2D eigenvalue weighted by Gasteiger charge is 2.07. The zero-order valence-electron chi connectivity index (χ0n) is 9.30. The molecule has 0 saturated heterocycles. The molecular formula is C13H12Cl2N2. The molecule has 4 heteroatoms. The first kappa shape index (κ1) is 12.1. The zero-order valence-corrected chi connectivity index (χ0v) is 10.8. The van der Waals surface area contributed by atoms with Gasteiger partial charge in [-0.3, -0.25) is 0 Å². The Morgan fingerprint density at radius 3 is 2.35 bits per heavy atom. The topological polar surface area (TPSA) is 38.0 Å². The van der Waals surface area contributed by atoms with Gasteiger partial charge in [0, 0.05) is 11.4 Å². The van der Waals surface area contributed by atoms with Crippen LogP contribution < -0.4 is 11.1 Å². The predicted octanol–water partition coefficient (Wildman–Crippen LogP) is 4.63. The van der Waals surface area contributed by atoms with Gasteiger partial charge in [0.1, 0.15) is 0 Å². The second-order valence-electron chi connectivity index (χ2n) is 3.80.